The molecule has 2 aromatic carbocycles. The molecule has 9 heteroatoms. The van der Waals surface area contributed by atoms with Gasteiger partial charge in [0.05, 0.1) is 13.2 Å². The molecule has 0 radical (unpaired) electrons. The molecular formula is C26H30N2O7. The average Bonchev–Trinajstić information content (AvgIpc) is 3.43. The van der Waals surface area contributed by atoms with Crippen LogP contribution in [0.1, 0.15) is 23.5 Å². The highest BCUT2D eigenvalue weighted by molar-refractivity contribution is 5.87. The van der Waals surface area contributed by atoms with Crippen LogP contribution in [-0.2, 0) is 23.8 Å². The van der Waals surface area contributed by atoms with Crippen LogP contribution in [0.4, 0.5) is 4.79 Å². The fraction of sp³-hybridized carbons (Fsp3) is 0.423. The number of benzene rings is 2. The van der Waals surface area contributed by atoms with Gasteiger partial charge < -0.3 is 29.5 Å². The Hall–Kier alpha value is -3.43. The minimum absolute atomic E-state index is 0.000858. The molecule has 2 unspecified atom stereocenters. The van der Waals surface area contributed by atoms with Gasteiger partial charge >= 0.3 is 12.1 Å². The summed E-state index contributed by atoms with van der Waals surface area (Å²) < 4.78 is 15.8. The number of nitrogens with zero attached hydrogens (tertiary/aromatic N) is 1. The van der Waals surface area contributed by atoms with E-state index in [0.717, 1.165) is 22.3 Å². The van der Waals surface area contributed by atoms with Gasteiger partial charge in [-0.15, -0.1) is 0 Å². The number of alkyl carbamates (subject to hydrolysis) is 1. The number of likely N-dealkylation sites (tertiary alicyclic amines) is 1. The van der Waals surface area contributed by atoms with Crippen LogP contribution >= 0.6 is 0 Å². The van der Waals surface area contributed by atoms with Crippen LogP contribution in [0.5, 0.6) is 0 Å². The predicted molar refractivity (Wildman–Crippen MR) is 127 cm³/mol. The molecule has 2 aliphatic rings. The zero-order valence-electron chi connectivity index (χ0n) is 19.9. The number of carboxylic acids is 1. The SMILES string of the molecule is COCC(NC(=O)OCC1c2ccccc2-c2ccccc21)C(=O)N1CCC(COC)(C(=O)O)C1. The van der Waals surface area contributed by atoms with Gasteiger partial charge in [0.25, 0.3) is 0 Å². The molecule has 1 heterocycles. The smallest absolute Gasteiger partial charge is 0.407 e. The molecule has 1 aliphatic carbocycles. The Morgan fingerprint density at radius 2 is 1.69 bits per heavy atom. The van der Waals surface area contributed by atoms with Gasteiger partial charge in [-0.05, 0) is 28.7 Å². The molecule has 0 bridgehead atoms. The van der Waals surface area contributed by atoms with E-state index in [1.165, 1.54) is 19.1 Å². The van der Waals surface area contributed by atoms with Crippen molar-refractivity contribution in [3.63, 3.8) is 0 Å². The minimum Gasteiger partial charge on any atom is -0.481 e. The molecular weight excluding hydrogens is 452 g/mol. The lowest BCUT2D eigenvalue weighted by Gasteiger charge is -2.26. The Morgan fingerprint density at radius 3 is 2.26 bits per heavy atom. The van der Waals surface area contributed by atoms with Gasteiger partial charge in [-0.1, -0.05) is 48.5 Å². The normalized spacial score (nSPS) is 19.7. The highest BCUT2D eigenvalue weighted by Gasteiger charge is 2.47. The number of aliphatic carboxylic acids is 1. The molecule has 0 spiro atoms. The lowest BCUT2D eigenvalue weighted by Crippen LogP contribution is -2.51. The van der Waals surface area contributed by atoms with Crippen molar-refractivity contribution in [2.24, 2.45) is 5.41 Å². The number of carboxylic acid groups (broad SMARTS) is 1. The zero-order chi connectivity index (χ0) is 25.0. The molecule has 4 rings (SSSR count). The summed E-state index contributed by atoms with van der Waals surface area (Å²) >= 11 is 0. The molecule has 1 saturated heterocycles. The van der Waals surface area contributed by atoms with Crippen LogP contribution in [-0.4, -0.2) is 81.1 Å². The van der Waals surface area contributed by atoms with Crippen molar-refractivity contribution >= 4 is 18.0 Å². The van der Waals surface area contributed by atoms with Gasteiger partial charge in [0.15, 0.2) is 0 Å². The first-order valence-electron chi connectivity index (χ1n) is 11.5. The van der Waals surface area contributed by atoms with E-state index in [9.17, 15) is 19.5 Å². The van der Waals surface area contributed by atoms with Crippen molar-refractivity contribution in [3.05, 3.63) is 59.7 Å². The largest absolute Gasteiger partial charge is 0.481 e. The second-order valence-corrected chi connectivity index (χ2v) is 9.01. The molecule has 2 N–H and O–H groups in total. The zero-order valence-corrected chi connectivity index (χ0v) is 19.9. The quantitative estimate of drug-likeness (QED) is 0.564. The van der Waals surface area contributed by atoms with Crippen LogP contribution in [0.15, 0.2) is 48.5 Å². The number of hydrogen-bond donors (Lipinski definition) is 2. The number of amides is 2. The Bertz CT molecular complexity index is 1060. The fourth-order valence-corrected chi connectivity index (χ4v) is 5.04. The van der Waals surface area contributed by atoms with E-state index in [0.29, 0.717) is 0 Å². The molecule has 9 nitrogen and oxygen atoms in total. The standard InChI is InChI=1S/C26H30N2O7/c1-33-14-22(23(29)28-12-11-26(15-28,16-34-2)24(30)31)27-25(32)35-13-21-19-9-5-3-7-17(19)18-8-4-6-10-20(18)21/h3-10,21-22H,11-16H2,1-2H3,(H,27,32)(H,30,31). The Kier molecular flexibility index (Phi) is 7.37. The lowest BCUT2D eigenvalue weighted by atomic mass is 9.88. The van der Waals surface area contributed by atoms with Gasteiger partial charge in [0.1, 0.15) is 18.1 Å². The third-order valence-electron chi connectivity index (χ3n) is 6.81. The Labute approximate surface area is 204 Å². The summed E-state index contributed by atoms with van der Waals surface area (Å²) in [6.45, 7) is 0.306. The topological polar surface area (TPSA) is 114 Å². The summed E-state index contributed by atoms with van der Waals surface area (Å²) in [5.74, 6) is -1.53. The van der Waals surface area contributed by atoms with Crippen molar-refractivity contribution in [2.45, 2.75) is 18.4 Å². The number of nitrogens with one attached hydrogen (secondary N) is 1. The number of hydrogen-bond acceptors (Lipinski definition) is 6. The summed E-state index contributed by atoms with van der Waals surface area (Å²) in [4.78, 5) is 39.0. The van der Waals surface area contributed by atoms with E-state index in [1.807, 2.05) is 36.4 Å². The molecule has 35 heavy (non-hydrogen) atoms. The highest BCUT2D eigenvalue weighted by atomic mass is 16.5. The van der Waals surface area contributed by atoms with Gasteiger partial charge in [0.2, 0.25) is 5.91 Å². The second kappa shape index (κ2) is 10.5. The van der Waals surface area contributed by atoms with E-state index in [-0.39, 0.29) is 45.2 Å². The molecule has 0 saturated carbocycles. The maximum absolute atomic E-state index is 13.1. The van der Waals surface area contributed by atoms with Gasteiger partial charge in [0, 0.05) is 33.2 Å². The molecule has 2 amide bonds. The molecule has 1 aliphatic heterocycles. The highest BCUT2D eigenvalue weighted by Crippen LogP contribution is 2.44. The number of ether oxygens (including phenoxy) is 3. The van der Waals surface area contributed by atoms with E-state index in [1.54, 1.807) is 0 Å². The van der Waals surface area contributed by atoms with Crippen LogP contribution in [0, 0.1) is 5.41 Å². The van der Waals surface area contributed by atoms with Gasteiger partial charge in [-0.3, -0.25) is 9.59 Å². The van der Waals surface area contributed by atoms with Gasteiger partial charge in [-0.2, -0.15) is 0 Å². The first-order chi connectivity index (χ1) is 16.9. The summed E-state index contributed by atoms with van der Waals surface area (Å²) in [7, 11) is 2.86. The summed E-state index contributed by atoms with van der Waals surface area (Å²) in [6, 6.07) is 15.1. The summed E-state index contributed by atoms with van der Waals surface area (Å²) in [6.07, 6.45) is -0.463. The minimum atomic E-state index is -1.16. The Balaban J connectivity index is 1.40. The number of rotatable bonds is 9. The number of carbonyl (C=O) groups is 3. The molecule has 186 valence electrons. The third kappa shape index (κ3) is 4.87. The van der Waals surface area contributed by atoms with Gasteiger partial charge in [-0.25, -0.2) is 4.79 Å². The number of carbonyl (C=O) groups excluding carboxylic acids is 2. The summed E-state index contributed by atoms with van der Waals surface area (Å²) in [5.41, 5.74) is 3.26. The molecule has 2 aromatic rings. The first kappa shape index (κ1) is 24.7. The molecule has 1 fully saturated rings. The van der Waals surface area contributed by atoms with Crippen molar-refractivity contribution in [1.29, 1.82) is 0 Å². The van der Waals surface area contributed by atoms with Crippen molar-refractivity contribution in [1.82, 2.24) is 10.2 Å². The molecule has 0 aromatic heterocycles. The van der Waals surface area contributed by atoms with E-state index in [2.05, 4.69) is 17.4 Å². The predicted octanol–water partition coefficient (Wildman–Crippen LogP) is 2.49. The van der Waals surface area contributed by atoms with Crippen LogP contribution in [0.2, 0.25) is 0 Å². The van der Waals surface area contributed by atoms with Crippen molar-refractivity contribution in [2.75, 3.05) is 47.1 Å². The first-order valence-corrected chi connectivity index (χ1v) is 11.5. The summed E-state index contributed by atoms with van der Waals surface area (Å²) in [5, 5.41) is 12.3. The van der Waals surface area contributed by atoms with Crippen LogP contribution < -0.4 is 5.32 Å². The molecule has 2 atom stereocenters. The maximum Gasteiger partial charge on any atom is 0.407 e. The lowest BCUT2D eigenvalue weighted by molar-refractivity contribution is -0.151. The fourth-order valence-electron chi connectivity index (χ4n) is 5.04. The Morgan fingerprint density at radius 1 is 1.06 bits per heavy atom. The van der Waals surface area contributed by atoms with Crippen molar-refractivity contribution < 1.29 is 33.7 Å². The van der Waals surface area contributed by atoms with Crippen LogP contribution in [0.25, 0.3) is 11.1 Å². The van der Waals surface area contributed by atoms with E-state index in [4.69, 9.17) is 14.2 Å². The van der Waals surface area contributed by atoms with E-state index >= 15 is 0 Å². The maximum atomic E-state index is 13.1. The monoisotopic (exact) mass is 482 g/mol. The number of methoxy groups -OCH3 is 2. The second-order valence-electron chi connectivity index (χ2n) is 9.01. The number of fused-ring (bicyclic) bond motifs is 3. The third-order valence-corrected chi connectivity index (χ3v) is 6.81. The van der Waals surface area contributed by atoms with Crippen molar-refractivity contribution in [3.8, 4) is 11.1 Å². The van der Waals surface area contributed by atoms with Crippen LogP contribution in [0.3, 0.4) is 0 Å². The van der Waals surface area contributed by atoms with E-state index < -0.39 is 29.4 Å². The average molecular weight is 483 g/mol.